The van der Waals surface area contributed by atoms with Crippen LogP contribution in [0.25, 0.3) is 6.08 Å². The van der Waals surface area contributed by atoms with Gasteiger partial charge >= 0.3 is 0 Å². The van der Waals surface area contributed by atoms with Crippen molar-refractivity contribution in [2.24, 2.45) is 5.10 Å². The number of amides is 1. The number of aromatic amines is 1. The highest BCUT2D eigenvalue weighted by atomic mass is 16.5. The fourth-order valence-corrected chi connectivity index (χ4v) is 2.93. The molecule has 9 heteroatoms. The number of hydrogen-bond acceptors (Lipinski definition) is 7. The van der Waals surface area contributed by atoms with Gasteiger partial charge in [0.2, 0.25) is 0 Å². The second kappa shape index (κ2) is 7.98. The molecule has 9 nitrogen and oxygen atoms in total. The maximum Gasteiger partial charge on any atom is 0.293 e. The van der Waals surface area contributed by atoms with Gasteiger partial charge in [-0.15, -0.1) is 5.10 Å². The van der Waals surface area contributed by atoms with E-state index >= 15 is 0 Å². The van der Waals surface area contributed by atoms with Crippen molar-refractivity contribution in [1.29, 1.82) is 0 Å². The minimum atomic E-state index is -0.302. The lowest BCUT2D eigenvalue weighted by Crippen LogP contribution is -2.22. The van der Waals surface area contributed by atoms with Crippen LogP contribution in [0.5, 0.6) is 5.75 Å². The molecule has 1 N–H and O–H groups in total. The summed E-state index contributed by atoms with van der Waals surface area (Å²) in [5.74, 6) is 0.543. The number of H-pyrrole nitrogens is 1. The van der Waals surface area contributed by atoms with Crippen molar-refractivity contribution in [3.63, 3.8) is 0 Å². The second-order valence-electron chi connectivity index (χ2n) is 5.90. The van der Waals surface area contributed by atoms with Crippen LogP contribution in [0.3, 0.4) is 0 Å². The SMILES string of the molecule is CCOc1cc(N(CC)CC)ccc1/C=C1/C(=O)N(c2nn[nH]n2)N=C1C. The molecule has 27 heavy (non-hydrogen) atoms. The normalized spacial score (nSPS) is 15.4. The molecule has 1 aliphatic heterocycles. The van der Waals surface area contributed by atoms with Gasteiger partial charge in [-0.3, -0.25) is 4.79 Å². The maximum atomic E-state index is 12.7. The van der Waals surface area contributed by atoms with Gasteiger partial charge in [-0.2, -0.15) is 15.3 Å². The number of hydrazone groups is 1. The molecule has 0 fully saturated rings. The summed E-state index contributed by atoms with van der Waals surface area (Å²) in [7, 11) is 0. The van der Waals surface area contributed by atoms with Crippen LogP contribution in [0.4, 0.5) is 11.6 Å². The summed E-state index contributed by atoms with van der Waals surface area (Å²) in [6.07, 6.45) is 1.79. The van der Waals surface area contributed by atoms with Crippen LogP contribution < -0.4 is 14.6 Å². The van der Waals surface area contributed by atoms with E-state index < -0.39 is 0 Å². The van der Waals surface area contributed by atoms with Crippen LogP contribution in [0.1, 0.15) is 33.3 Å². The lowest BCUT2D eigenvalue weighted by Gasteiger charge is -2.22. The number of carbonyl (C=O) groups excluding carboxylic acids is 1. The maximum absolute atomic E-state index is 12.7. The van der Waals surface area contributed by atoms with E-state index in [9.17, 15) is 4.79 Å². The van der Waals surface area contributed by atoms with Crippen molar-refractivity contribution in [1.82, 2.24) is 20.6 Å². The van der Waals surface area contributed by atoms with E-state index in [1.807, 2.05) is 25.1 Å². The van der Waals surface area contributed by atoms with Crippen LogP contribution in [-0.2, 0) is 4.79 Å². The summed E-state index contributed by atoms with van der Waals surface area (Å²) >= 11 is 0. The Morgan fingerprint density at radius 1 is 1.26 bits per heavy atom. The largest absolute Gasteiger partial charge is 0.493 e. The monoisotopic (exact) mass is 369 g/mol. The number of rotatable bonds is 7. The van der Waals surface area contributed by atoms with Gasteiger partial charge in [-0.1, -0.05) is 5.10 Å². The second-order valence-corrected chi connectivity index (χ2v) is 5.90. The summed E-state index contributed by atoms with van der Waals surface area (Å²) in [6, 6.07) is 6.00. The first-order chi connectivity index (χ1) is 13.1. The smallest absolute Gasteiger partial charge is 0.293 e. The van der Waals surface area contributed by atoms with Gasteiger partial charge in [0, 0.05) is 30.4 Å². The summed E-state index contributed by atoms with van der Waals surface area (Å²) in [5, 5.41) is 18.8. The fraction of sp³-hybridized carbons (Fsp3) is 0.389. The number of hydrogen-bond donors (Lipinski definition) is 1. The topological polar surface area (TPSA) is 99.6 Å². The van der Waals surface area contributed by atoms with E-state index in [0.717, 1.165) is 35.1 Å². The third kappa shape index (κ3) is 3.67. The van der Waals surface area contributed by atoms with Crippen molar-refractivity contribution in [3.05, 3.63) is 29.3 Å². The molecule has 0 unspecified atom stereocenters. The molecule has 1 aromatic carbocycles. The third-order valence-electron chi connectivity index (χ3n) is 4.31. The van der Waals surface area contributed by atoms with Crippen molar-refractivity contribution in [2.45, 2.75) is 27.7 Å². The molecule has 2 heterocycles. The molecule has 0 saturated heterocycles. The van der Waals surface area contributed by atoms with Gasteiger partial charge in [0.15, 0.2) is 0 Å². The van der Waals surface area contributed by atoms with Gasteiger partial charge in [0.05, 0.1) is 17.9 Å². The van der Waals surface area contributed by atoms with Crippen LogP contribution in [0, 0.1) is 0 Å². The minimum absolute atomic E-state index is 0.115. The number of nitrogens with one attached hydrogen (secondary N) is 1. The van der Waals surface area contributed by atoms with Gasteiger partial charge in [-0.05, 0) is 51.1 Å². The molecule has 1 aliphatic rings. The molecule has 0 saturated carbocycles. The van der Waals surface area contributed by atoms with E-state index in [1.54, 1.807) is 13.0 Å². The first-order valence-corrected chi connectivity index (χ1v) is 8.95. The Morgan fingerprint density at radius 2 is 2.04 bits per heavy atom. The molecule has 0 atom stereocenters. The summed E-state index contributed by atoms with van der Waals surface area (Å²) in [5.41, 5.74) is 2.96. The third-order valence-corrected chi connectivity index (χ3v) is 4.31. The highest BCUT2D eigenvalue weighted by Gasteiger charge is 2.31. The van der Waals surface area contributed by atoms with Crippen LogP contribution in [0.2, 0.25) is 0 Å². The Balaban J connectivity index is 1.96. The highest BCUT2D eigenvalue weighted by molar-refractivity contribution is 6.31. The molecule has 0 bridgehead atoms. The van der Waals surface area contributed by atoms with Crippen molar-refractivity contribution in [2.75, 3.05) is 29.6 Å². The molecule has 1 aromatic heterocycles. The van der Waals surface area contributed by atoms with Gasteiger partial charge in [0.1, 0.15) is 5.75 Å². The predicted octanol–water partition coefficient (Wildman–Crippen LogP) is 2.25. The average Bonchev–Trinajstić information content (AvgIpc) is 3.28. The molecule has 0 spiro atoms. The fourth-order valence-electron chi connectivity index (χ4n) is 2.93. The van der Waals surface area contributed by atoms with Gasteiger partial charge < -0.3 is 9.64 Å². The lowest BCUT2D eigenvalue weighted by atomic mass is 10.1. The Kier molecular flexibility index (Phi) is 5.49. The number of ether oxygens (including phenoxy) is 1. The number of aromatic nitrogens is 4. The quantitative estimate of drug-likeness (QED) is 0.752. The summed E-state index contributed by atoms with van der Waals surface area (Å²) in [6.45, 7) is 10.3. The average molecular weight is 369 g/mol. The number of anilines is 2. The Morgan fingerprint density at radius 3 is 2.67 bits per heavy atom. The molecule has 2 aromatic rings. The van der Waals surface area contributed by atoms with Gasteiger partial charge in [-0.25, -0.2) is 0 Å². The van der Waals surface area contributed by atoms with Crippen molar-refractivity contribution < 1.29 is 9.53 Å². The van der Waals surface area contributed by atoms with E-state index in [1.165, 1.54) is 0 Å². The number of carbonyl (C=O) groups is 1. The molecule has 3 rings (SSSR count). The minimum Gasteiger partial charge on any atom is -0.493 e. The predicted molar refractivity (Wildman–Crippen MR) is 104 cm³/mol. The van der Waals surface area contributed by atoms with Crippen molar-refractivity contribution in [3.8, 4) is 5.75 Å². The molecule has 0 radical (unpaired) electrons. The first kappa shape index (κ1) is 18.6. The zero-order valence-corrected chi connectivity index (χ0v) is 15.9. The van der Waals surface area contributed by atoms with E-state index in [-0.39, 0.29) is 11.9 Å². The molecular weight excluding hydrogens is 346 g/mol. The zero-order chi connectivity index (χ0) is 19.4. The Bertz CT molecular complexity index is 870. The summed E-state index contributed by atoms with van der Waals surface area (Å²) in [4.78, 5) is 15.0. The van der Waals surface area contributed by atoms with E-state index in [2.05, 4.69) is 44.5 Å². The standard InChI is InChI=1S/C18H23N7O2/c1-5-24(6-2)14-9-8-13(16(11-14)27-7-3)10-15-12(4)21-25(17(15)26)18-19-22-23-20-18/h8-11H,5-7H2,1-4H3,(H,19,20,22,23)/b15-10+. The van der Waals surface area contributed by atoms with Crippen LogP contribution >= 0.6 is 0 Å². The molecule has 0 aliphatic carbocycles. The van der Waals surface area contributed by atoms with E-state index in [0.29, 0.717) is 17.9 Å². The Hall–Kier alpha value is -3.23. The summed E-state index contributed by atoms with van der Waals surface area (Å²) < 4.78 is 5.82. The van der Waals surface area contributed by atoms with Crippen LogP contribution in [-0.4, -0.2) is 51.9 Å². The molecule has 142 valence electrons. The van der Waals surface area contributed by atoms with Gasteiger partial charge in [0.25, 0.3) is 11.9 Å². The Labute approximate surface area is 157 Å². The zero-order valence-electron chi connectivity index (χ0n) is 15.9. The first-order valence-electron chi connectivity index (χ1n) is 8.95. The van der Waals surface area contributed by atoms with E-state index in [4.69, 9.17) is 4.74 Å². The molecule has 1 amide bonds. The number of tetrazole rings is 1. The number of benzene rings is 1. The number of nitrogens with zero attached hydrogens (tertiary/aromatic N) is 6. The van der Waals surface area contributed by atoms with Crippen molar-refractivity contribution >= 4 is 29.3 Å². The highest BCUT2D eigenvalue weighted by Crippen LogP contribution is 2.30. The lowest BCUT2D eigenvalue weighted by molar-refractivity contribution is -0.114. The molecular formula is C18H23N7O2. The van der Waals surface area contributed by atoms with Crippen LogP contribution in [0.15, 0.2) is 28.9 Å².